The Morgan fingerprint density at radius 1 is 1.50 bits per heavy atom. The van der Waals surface area contributed by atoms with Crippen molar-refractivity contribution in [1.82, 2.24) is 0 Å². The van der Waals surface area contributed by atoms with E-state index in [1.807, 2.05) is 0 Å². The molecule has 0 radical (unpaired) electrons. The number of aliphatic hydroxyl groups is 1. The van der Waals surface area contributed by atoms with Crippen LogP contribution in [-0.2, 0) is 6.42 Å². The molecule has 2 heteroatoms. The minimum absolute atomic E-state index is 0.224. The van der Waals surface area contributed by atoms with Crippen molar-refractivity contribution in [2.24, 2.45) is 0 Å². The van der Waals surface area contributed by atoms with Crippen LogP contribution in [0.15, 0.2) is 24.3 Å². The van der Waals surface area contributed by atoms with E-state index in [4.69, 9.17) is 6.42 Å². The first kappa shape index (κ1) is 10.7. The van der Waals surface area contributed by atoms with Crippen molar-refractivity contribution >= 4 is 0 Å². The van der Waals surface area contributed by atoms with Gasteiger partial charge >= 0.3 is 0 Å². The lowest BCUT2D eigenvalue weighted by Gasteiger charge is -2.20. The molecule has 0 saturated heterocycles. The molecule has 1 nitrogen and oxygen atoms in total. The lowest BCUT2D eigenvalue weighted by molar-refractivity contribution is 0.0650. The Morgan fingerprint density at radius 2 is 2.14 bits per heavy atom. The predicted molar refractivity (Wildman–Crippen MR) is 54.2 cm³/mol. The van der Waals surface area contributed by atoms with E-state index >= 15 is 0 Å². The first-order valence-electron chi connectivity index (χ1n) is 4.44. The van der Waals surface area contributed by atoms with Crippen LogP contribution in [0, 0.1) is 18.2 Å². The van der Waals surface area contributed by atoms with Gasteiger partial charge in [0.2, 0.25) is 0 Å². The summed E-state index contributed by atoms with van der Waals surface area (Å²) < 4.78 is 13.2. The summed E-state index contributed by atoms with van der Waals surface area (Å²) in [7, 11) is 0. The summed E-state index contributed by atoms with van der Waals surface area (Å²) in [6.07, 6.45) is 5.57. The third-order valence-electron chi connectivity index (χ3n) is 2.01. The molecule has 74 valence electrons. The van der Waals surface area contributed by atoms with Gasteiger partial charge in [0.15, 0.2) is 0 Å². The van der Waals surface area contributed by atoms with E-state index in [1.54, 1.807) is 25.1 Å². The molecule has 1 aromatic carbocycles. The van der Waals surface area contributed by atoms with Crippen LogP contribution >= 0.6 is 0 Å². The summed E-state index contributed by atoms with van der Waals surface area (Å²) in [6, 6.07) is 6.39. The van der Waals surface area contributed by atoms with Crippen LogP contribution in [0.4, 0.5) is 4.39 Å². The highest BCUT2D eigenvalue weighted by Crippen LogP contribution is 2.18. The second-order valence-electron chi connectivity index (χ2n) is 3.65. The number of hydrogen-bond donors (Lipinski definition) is 1. The van der Waals surface area contributed by atoms with Crippen molar-refractivity contribution in [3.05, 3.63) is 35.6 Å². The molecule has 0 fully saturated rings. The van der Waals surface area contributed by atoms with Gasteiger partial charge < -0.3 is 5.11 Å². The fraction of sp³-hybridized carbons (Fsp3) is 0.333. The van der Waals surface area contributed by atoms with Crippen LogP contribution in [0.3, 0.4) is 0 Å². The van der Waals surface area contributed by atoms with Gasteiger partial charge in [-0.25, -0.2) is 4.39 Å². The highest BCUT2D eigenvalue weighted by molar-refractivity contribution is 5.19. The van der Waals surface area contributed by atoms with Gasteiger partial charge in [0.05, 0.1) is 5.60 Å². The molecular weight excluding hydrogens is 179 g/mol. The van der Waals surface area contributed by atoms with Gasteiger partial charge in [0.25, 0.3) is 0 Å². The molecule has 1 N–H and O–H groups in total. The molecule has 0 aliphatic rings. The van der Waals surface area contributed by atoms with Crippen molar-refractivity contribution in [2.45, 2.75) is 25.4 Å². The maximum Gasteiger partial charge on any atom is 0.126 e. The molecular formula is C12H13FO. The first-order valence-corrected chi connectivity index (χ1v) is 4.44. The van der Waals surface area contributed by atoms with Gasteiger partial charge in [0.1, 0.15) is 5.82 Å². The number of hydrogen-bond acceptors (Lipinski definition) is 1. The molecule has 0 heterocycles. The smallest absolute Gasteiger partial charge is 0.126 e. The van der Waals surface area contributed by atoms with E-state index in [2.05, 4.69) is 5.92 Å². The Morgan fingerprint density at radius 3 is 2.71 bits per heavy atom. The van der Waals surface area contributed by atoms with Crippen LogP contribution in [0.2, 0.25) is 0 Å². The maximum atomic E-state index is 13.2. The quantitative estimate of drug-likeness (QED) is 0.727. The van der Waals surface area contributed by atoms with E-state index in [9.17, 15) is 9.50 Å². The number of rotatable bonds is 3. The zero-order chi connectivity index (χ0) is 10.6. The van der Waals surface area contributed by atoms with E-state index < -0.39 is 5.60 Å². The standard InChI is InChI=1S/C12H13FO/c1-3-8-12(2,14)9-10-6-4-5-7-11(10)13/h1,4-7,14H,8-9H2,2H3. The Balaban J connectivity index is 2.79. The molecule has 14 heavy (non-hydrogen) atoms. The highest BCUT2D eigenvalue weighted by atomic mass is 19.1. The monoisotopic (exact) mass is 192 g/mol. The van der Waals surface area contributed by atoms with Crippen LogP contribution in [-0.4, -0.2) is 10.7 Å². The number of benzene rings is 1. The van der Waals surface area contributed by atoms with Crippen molar-refractivity contribution in [3.63, 3.8) is 0 Å². The van der Waals surface area contributed by atoms with E-state index in [1.165, 1.54) is 6.07 Å². The summed E-state index contributed by atoms with van der Waals surface area (Å²) >= 11 is 0. The minimum Gasteiger partial charge on any atom is -0.389 e. The van der Waals surface area contributed by atoms with E-state index in [0.717, 1.165) is 0 Å². The molecule has 1 aromatic rings. The Labute approximate surface area is 83.6 Å². The lowest BCUT2D eigenvalue weighted by atomic mass is 9.93. The van der Waals surface area contributed by atoms with Crippen LogP contribution in [0.5, 0.6) is 0 Å². The van der Waals surface area contributed by atoms with Crippen LogP contribution < -0.4 is 0 Å². The van der Waals surface area contributed by atoms with Gasteiger partial charge in [-0.05, 0) is 18.6 Å². The van der Waals surface area contributed by atoms with Gasteiger partial charge in [0, 0.05) is 12.8 Å². The SMILES string of the molecule is C#CCC(C)(O)Cc1ccccc1F. The zero-order valence-corrected chi connectivity index (χ0v) is 8.13. The lowest BCUT2D eigenvalue weighted by Crippen LogP contribution is -2.26. The summed E-state index contributed by atoms with van der Waals surface area (Å²) in [6.45, 7) is 1.61. The normalized spacial score (nSPS) is 14.4. The Bertz CT molecular complexity index is 350. The molecule has 0 aliphatic heterocycles. The molecule has 1 atom stereocenters. The van der Waals surface area contributed by atoms with Gasteiger partial charge in [-0.2, -0.15) is 0 Å². The highest BCUT2D eigenvalue weighted by Gasteiger charge is 2.20. The van der Waals surface area contributed by atoms with Crippen molar-refractivity contribution < 1.29 is 9.50 Å². The van der Waals surface area contributed by atoms with E-state index in [0.29, 0.717) is 5.56 Å². The molecule has 1 unspecified atom stereocenters. The van der Waals surface area contributed by atoms with Gasteiger partial charge in [-0.1, -0.05) is 18.2 Å². The Kier molecular flexibility index (Phi) is 3.27. The van der Waals surface area contributed by atoms with Gasteiger partial charge in [-0.3, -0.25) is 0 Å². The number of halogens is 1. The third-order valence-corrected chi connectivity index (χ3v) is 2.01. The fourth-order valence-electron chi connectivity index (χ4n) is 1.33. The average Bonchev–Trinajstić information content (AvgIpc) is 2.08. The second kappa shape index (κ2) is 4.26. The van der Waals surface area contributed by atoms with Crippen molar-refractivity contribution in [1.29, 1.82) is 0 Å². The summed E-state index contributed by atoms with van der Waals surface area (Å²) in [5.41, 5.74) is -0.538. The largest absolute Gasteiger partial charge is 0.389 e. The summed E-state index contributed by atoms with van der Waals surface area (Å²) in [4.78, 5) is 0. The molecule has 0 bridgehead atoms. The predicted octanol–water partition coefficient (Wildman–Crippen LogP) is 2.14. The molecule has 0 amide bonds. The molecule has 0 aliphatic carbocycles. The fourth-order valence-corrected chi connectivity index (χ4v) is 1.33. The summed E-state index contributed by atoms with van der Waals surface area (Å²) in [5, 5.41) is 9.78. The summed E-state index contributed by atoms with van der Waals surface area (Å²) in [5.74, 6) is 2.07. The molecule has 1 rings (SSSR count). The van der Waals surface area contributed by atoms with Crippen LogP contribution in [0.1, 0.15) is 18.9 Å². The topological polar surface area (TPSA) is 20.2 Å². The second-order valence-corrected chi connectivity index (χ2v) is 3.65. The molecule has 0 aromatic heterocycles. The minimum atomic E-state index is -1.03. The van der Waals surface area contributed by atoms with E-state index in [-0.39, 0.29) is 18.7 Å². The maximum absolute atomic E-state index is 13.2. The van der Waals surface area contributed by atoms with Crippen molar-refractivity contribution in [2.75, 3.05) is 0 Å². The van der Waals surface area contributed by atoms with Gasteiger partial charge in [-0.15, -0.1) is 12.3 Å². The average molecular weight is 192 g/mol. The zero-order valence-electron chi connectivity index (χ0n) is 8.13. The first-order chi connectivity index (χ1) is 6.55. The van der Waals surface area contributed by atoms with Crippen molar-refractivity contribution in [3.8, 4) is 12.3 Å². The van der Waals surface area contributed by atoms with Crippen LogP contribution in [0.25, 0.3) is 0 Å². The number of terminal acetylenes is 1. The third kappa shape index (κ3) is 2.86. The Hall–Kier alpha value is -1.33. The molecule has 0 saturated carbocycles. The molecule has 0 spiro atoms.